The second-order valence-electron chi connectivity index (χ2n) is 23.2. The van der Waals surface area contributed by atoms with Crippen molar-refractivity contribution >= 4 is 29.8 Å². The molecule has 2 amide bonds. The van der Waals surface area contributed by atoms with E-state index in [4.69, 9.17) is 28.5 Å². The number of hydrogen-bond acceptors (Lipinski definition) is 12. The number of aliphatic hydroxyl groups is 1. The number of nitrogens with one attached hydrogen (secondary N) is 2. The van der Waals surface area contributed by atoms with Crippen LogP contribution in [-0.4, -0.2) is 107 Å². The summed E-state index contributed by atoms with van der Waals surface area (Å²) in [5, 5.41) is 17.5. The molecular formula is C54H81N3O11. The maximum Gasteiger partial charge on any atom is 0.327 e. The van der Waals surface area contributed by atoms with Gasteiger partial charge in [0.1, 0.15) is 35.4 Å². The normalized spacial score (nSPS) is 34.2. The van der Waals surface area contributed by atoms with Crippen LogP contribution in [0, 0.1) is 22.7 Å². The van der Waals surface area contributed by atoms with Gasteiger partial charge < -0.3 is 39.4 Å². The molecule has 3 aliphatic carbocycles. The lowest BCUT2D eigenvalue weighted by molar-refractivity contribution is -0.224. The summed E-state index contributed by atoms with van der Waals surface area (Å²) < 4.78 is 31.9. The lowest BCUT2D eigenvalue weighted by Crippen LogP contribution is -2.69. The van der Waals surface area contributed by atoms with Crippen molar-refractivity contribution < 1.29 is 52.8 Å². The van der Waals surface area contributed by atoms with Crippen molar-refractivity contribution in [1.29, 1.82) is 0 Å². The average Bonchev–Trinajstić information content (AvgIpc) is 3.55. The molecule has 4 saturated heterocycles. The number of nitrogens with zero attached hydrogens (tertiary/aromatic N) is 1. The van der Waals surface area contributed by atoms with Crippen LogP contribution in [0.2, 0.25) is 0 Å². The molecule has 378 valence electrons. The molecule has 14 nitrogen and oxygen atoms in total. The Morgan fingerprint density at radius 3 is 2.40 bits per heavy atom. The van der Waals surface area contributed by atoms with E-state index in [2.05, 4.69) is 69.5 Å². The smallest absolute Gasteiger partial charge is 0.327 e. The minimum Gasteiger partial charge on any atom is -0.460 e. The highest BCUT2D eigenvalue weighted by molar-refractivity contribution is 5.94. The molecular weight excluding hydrogens is 867 g/mol. The summed E-state index contributed by atoms with van der Waals surface area (Å²) in [6.45, 7) is 16.6. The molecule has 0 spiro atoms. The predicted molar refractivity (Wildman–Crippen MR) is 255 cm³/mol. The Balaban J connectivity index is 1.02. The minimum absolute atomic E-state index is 0.0123. The predicted octanol–water partition coefficient (Wildman–Crippen LogP) is 8.01. The highest BCUT2D eigenvalue weighted by atomic mass is 16.8. The van der Waals surface area contributed by atoms with Crippen LogP contribution in [0.3, 0.4) is 0 Å². The third-order valence-electron chi connectivity index (χ3n) is 16.4. The number of ether oxygens (including phenoxy) is 5. The first-order valence-corrected chi connectivity index (χ1v) is 26.2. The SMILES string of the molecule is CCCCCC1(CCCCC)O[C@@H]2[C@H]3ON(Cc4cccc(C=C5CCC6O[C@]6(C)CC[C@@H]6[C@@H]5CC6(C)C)c4)[C@H]4C(=O)OC(CC34C(=O)NCCC(=O)N[C@H](CO)CCC(=O)OC(C)(C)C)[C@@H]2O1. The number of hydrogen-bond donors (Lipinski definition) is 3. The molecule has 68 heavy (non-hydrogen) atoms. The number of benzene rings is 1. The minimum atomic E-state index is -1.40. The fraction of sp³-hybridized carbons (Fsp3) is 0.778. The van der Waals surface area contributed by atoms with Crippen LogP contribution in [0.15, 0.2) is 29.8 Å². The van der Waals surface area contributed by atoms with Gasteiger partial charge in [0.2, 0.25) is 11.8 Å². The van der Waals surface area contributed by atoms with Crippen molar-refractivity contribution in [3.8, 4) is 0 Å². The molecule has 3 saturated carbocycles. The van der Waals surface area contributed by atoms with E-state index >= 15 is 4.79 Å². The van der Waals surface area contributed by atoms with Crippen LogP contribution in [0.4, 0.5) is 0 Å². The largest absolute Gasteiger partial charge is 0.460 e. The van der Waals surface area contributed by atoms with Crippen LogP contribution < -0.4 is 10.6 Å². The first-order chi connectivity index (χ1) is 32.3. The lowest BCUT2D eigenvalue weighted by Gasteiger charge is -2.53. The van der Waals surface area contributed by atoms with E-state index in [1.54, 1.807) is 25.8 Å². The van der Waals surface area contributed by atoms with Crippen molar-refractivity contribution in [2.24, 2.45) is 22.7 Å². The van der Waals surface area contributed by atoms with Crippen LogP contribution in [0.5, 0.6) is 0 Å². The monoisotopic (exact) mass is 948 g/mol. The van der Waals surface area contributed by atoms with Gasteiger partial charge in [0.15, 0.2) is 11.8 Å². The number of allylic oxidation sites excluding steroid dienone is 1. The van der Waals surface area contributed by atoms with E-state index in [0.29, 0.717) is 36.2 Å². The van der Waals surface area contributed by atoms with Gasteiger partial charge in [0, 0.05) is 38.6 Å². The van der Waals surface area contributed by atoms with E-state index in [9.17, 15) is 19.5 Å². The molecule has 3 N–H and O–H groups in total. The number of aliphatic hydroxyl groups excluding tert-OH is 1. The molecule has 14 heteroatoms. The van der Waals surface area contributed by atoms with Crippen molar-refractivity contribution in [2.75, 3.05) is 13.2 Å². The zero-order chi connectivity index (χ0) is 48.6. The second-order valence-corrected chi connectivity index (χ2v) is 23.2. The van der Waals surface area contributed by atoms with Crippen LogP contribution >= 0.6 is 0 Å². The van der Waals surface area contributed by atoms with Crippen molar-refractivity contribution in [2.45, 2.75) is 231 Å². The van der Waals surface area contributed by atoms with Gasteiger partial charge in [-0.3, -0.25) is 24.0 Å². The maximum absolute atomic E-state index is 15.0. The van der Waals surface area contributed by atoms with Gasteiger partial charge in [0.25, 0.3) is 0 Å². The van der Waals surface area contributed by atoms with E-state index in [1.807, 2.05) is 6.07 Å². The highest BCUT2D eigenvalue weighted by Crippen LogP contribution is 2.61. The van der Waals surface area contributed by atoms with Gasteiger partial charge in [-0.2, -0.15) is 5.06 Å². The number of rotatable bonds is 20. The summed E-state index contributed by atoms with van der Waals surface area (Å²) in [6, 6.07) is 6.66. The Morgan fingerprint density at radius 1 is 0.971 bits per heavy atom. The van der Waals surface area contributed by atoms with Crippen LogP contribution in [0.1, 0.15) is 176 Å². The summed E-state index contributed by atoms with van der Waals surface area (Å²) in [7, 11) is 0. The fourth-order valence-corrected chi connectivity index (χ4v) is 12.7. The van der Waals surface area contributed by atoms with Gasteiger partial charge in [-0.25, -0.2) is 0 Å². The van der Waals surface area contributed by atoms with Crippen molar-refractivity contribution in [1.82, 2.24) is 15.7 Å². The van der Waals surface area contributed by atoms with Crippen LogP contribution in [-0.2, 0) is 54.2 Å². The summed E-state index contributed by atoms with van der Waals surface area (Å²) in [5.41, 5.74) is 1.79. The average molecular weight is 948 g/mol. The van der Waals surface area contributed by atoms with E-state index < -0.39 is 77.1 Å². The molecule has 4 aliphatic heterocycles. The molecule has 8 rings (SSSR count). The Morgan fingerprint density at radius 2 is 1.71 bits per heavy atom. The van der Waals surface area contributed by atoms with E-state index in [-0.39, 0.29) is 51.0 Å². The van der Waals surface area contributed by atoms with Crippen LogP contribution in [0.25, 0.3) is 6.08 Å². The number of unbranched alkanes of at least 4 members (excludes halogenated alkanes) is 4. The maximum atomic E-state index is 15.0. The Hall–Kier alpha value is -3.40. The quantitative estimate of drug-likeness (QED) is 0.0654. The van der Waals surface area contributed by atoms with Gasteiger partial charge in [-0.1, -0.05) is 89.3 Å². The number of carbonyl (C=O) groups is 4. The summed E-state index contributed by atoms with van der Waals surface area (Å²) >= 11 is 0. The zero-order valence-corrected chi connectivity index (χ0v) is 42.2. The van der Waals surface area contributed by atoms with Gasteiger partial charge in [-0.15, -0.1) is 0 Å². The molecule has 11 atom stereocenters. The molecule has 7 aliphatic rings. The molecule has 2 bridgehead atoms. The van der Waals surface area contributed by atoms with Gasteiger partial charge in [0.05, 0.1) is 30.9 Å². The highest BCUT2D eigenvalue weighted by Gasteiger charge is 2.76. The first kappa shape index (κ1) is 51.0. The molecule has 1 aromatic carbocycles. The second kappa shape index (κ2) is 20.4. The Bertz CT molecular complexity index is 2020. The van der Waals surface area contributed by atoms with Gasteiger partial charge in [-0.05, 0) is 107 Å². The number of carbonyl (C=O) groups excluding carboxylic acids is 4. The molecule has 0 radical (unpaired) electrons. The van der Waals surface area contributed by atoms with E-state index in [0.717, 1.165) is 68.9 Å². The molecule has 1 aromatic rings. The number of hydroxylamine groups is 2. The van der Waals surface area contributed by atoms with Crippen molar-refractivity contribution in [3.63, 3.8) is 0 Å². The molecule has 3 unspecified atom stereocenters. The lowest BCUT2D eigenvalue weighted by atomic mass is 9.52. The number of esters is 2. The summed E-state index contributed by atoms with van der Waals surface area (Å²) in [4.78, 5) is 62.0. The zero-order valence-electron chi connectivity index (χ0n) is 42.2. The summed E-state index contributed by atoms with van der Waals surface area (Å²) in [5.74, 6) is -1.49. The third kappa shape index (κ3) is 10.8. The first-order valence-electron chi connectivity index (χ1n) is 26.2. The third-order valence-corrected chi connectivity index (χ3v) is 16.4. The number of amides is 2. The van der Waals surface area contributed by atoms with Crippen molar-refractivity contribution in [3.05, 3.63) is 41.0 Å². The number of fused-ring (bicyclic) bond motifs is 6. The Labute approximate surface area is 404 Å². The topological polar surface area (TPSA) is 174 Å². The van der Waals surface area contributed by atoms with E-state index in [1.165, 1.54) is 18.4 Å². The number of epoxide rings is 1. The molecule has 0 aromatic heterocycles. The molecule has 7 fully saturated rings. The summed E-state index contributed by atoms with van der Waals surface area (Å²) in [6.07, 6.45) is 13.0. The van der Waals surface area contributed by atoms with Gasteiger partial charge >= 0.3 is 11.9 Å². The molecule has 4 heterocycles. The standard InChI is InChI=1S/C54H81N3O11/c1-9-11-13-24-53(25-14-12-10-2)66-44-40-31-54(49(62)55-27-23-42(59)56-37(33-58)19-21-43(60)65-50(3,4)5)46(48(61)63-40)57(68-47(54)45(44)67-53)32-35-17-15-16-34(28-35)29-36-18-20-41-52(8,64-41)26-22-39-38(36)30-51(39,6)7/h15-17,28-29,37-41,44-47,58H,9-14,18-27,30-33H2,1-8H3,(H,55,62)(H,56,59)/t37-,38+,39+,40?,41?,44-,45-,46-,47+,52+,54?/m0/s1. The Kier molecular flexibility index (Phi) is 15.3. The fourth-order valence-electron chi connectivity index (χ4n) is 12.7.